The number of para-hydroxylation sites is 1. The highest BCUT2D eigenvalue weighted by molar-refractivity contribution is 7.80. The standard InChI is InChI=1S/C24H19N5O2S/c1-14-7-9-17(10-8-14)29-27-19-11-15(2)18(13-20(19)28-29)25-24(32)26-23(30)22-12-16-5-3-4-6-21(16)31-22/h3-13H,1-2H3,(H2,25,26,30,32). The summed E-state index contributed by atoms with van der Waals surface area (Å²) in [4.78, 5) is 14.1. The summed E-state index contributed by atoms with van der Waals surface area (Å²) in [6.45, 7) is 3.98. The molecule has 158 valence electrons. The van der Waals surface area contributed by atoms with E-state index in [0.29, 0.717) is 11.1 Å². The molecule has 8 heteroatoms. The molecular weight excluding hydrogens is 422 g/mol. The molecule has 0 unspecified atom stereocenters. The maximum absolute atomic E-state index is 12.5. The van der Waals surface area contributed by atoms with Crippen molar-refractivity contribution in [1.29, 1.82) is 0 Å². The van der Waals surface area contributed by atoms with E-state index in [1.54, 1.807) is 10.9 Å². The van der Waals surface area contributed by atoms with E-state index in [9.17, 15) is 4.79 Å². The largest absolute Gasteiger partial charge is 0.451 e. The van der Waals surface area contributed by atoms with Crippen LogP contribution in [0.15, 0.2) is 71.1 Å². The summed E-state index contributed by atoms with van der Waals surface area (Å²) < 4.78 is 5.59. The van der Waals surface area contributed by atoms with Gasteiger partial charge in [-0.3, -0.25) is 10.1 Å². The number of rotatable bonds is 3. The lowest BCUT2D eigenvalue weighted by atomic mass is 10.2. The van der Waals surface area contributed by atoms with Gasteiger partial charge in [0.1, 0.15) is 16.6 Å². The molecule has 5 rings (SSSR count). The first-order valence-electron chi connectivity index (χ1n) is 10.0. The predicted octanol–water partition coefficient (Wildman–Crippen LogP) is 4.91. The molecule has 2 aromatic heterocycles. The fourth-order valence-electron chi connectivity index (χ4n) is 3.41. The third kappa shape index (κ3) is 3.83. The van der Waals surface area contributed by atoms with Crippen molar-refractivity contribution in [1.82, 2.24) is 20.3 Å². The van der Waals surface area contributed by atoms with Crippen LogP contribution in [0.25, 0.3) is 27.7 Å². The Morgan fingerprint density at radius 2 is 1.69 bits per heavy atom. The van der Waals surface area contributed by atoms with Crippen LogP contribution < -0.4 is 10.6 Å². The number of anilines is 1. The van der Waals surface area contributed by atoms with E-state index >= 15 is 0 Å². The number of nitrogens with zero attached hydrogens (tertiary/aromatic N) is 3. The molecule has 7 nitrogen and oxygen atoms in total. The van der Waals surface area contributed by atoms with E-state index < -0.39 is 5.91 Å². The first-order chi connectivity index (χ1) is 15.5. The van der Waals surface area contributed by atoms with Crippen molar-refractivity contribution in [3.8, 4) is 5.69 Å². The Labute approximate surface area is 189 Å². The number of furan rings is 1. The normalized spacial score (nSPS) is 11.1. The van der Waals surface area contributed by atoms with Crippen molar-refractivity contribution in [3.05, 3.63) is 83.6 Å². The van der Waals surface area contributed by atoms with E-state index in [4.69, 9.17) is 16.6 Å². The number of hydrogen-bond acceptors (Lipinski definition) is 5. The van der Waals surface area contributed by atoms with Crippen molar-refractivity contribution in [2.24, 2.45) is 0 Å². The van der Waals surface area contributed by atoms with Gasteiger partial charge in [-0.25, -0.2) is 0 Å². The van der Waals surface area contributed by atoms with Crippen LogP contribution in [-0.2, 0) is 0 Å². The Balaban J connectivity index is 1.34. The van der Waals surface area contributed by atoms with E-state index in [0.717, 1.165) is 27.8 Å². The number of carbonyl (C=O) groups excluding carboxylic acids is 1. The van der Waals surface area contributed by atoms with Gasteiger partial charge < -0.3 is 9.73 Å². The average molecular weight is 442 g/mol. The Kier molecular flexibility index (Phi) is 4.91. The van der Waals surface area contributed by atoms with Gasteiger partial charge in [-0.2, -0.15) is 4.80 Å². The van der Waals surface area contributed by atoms with Crippen molar-refractivity contribution < 1.29 is 9.21 Å². The van der Waals surface area contributed by atoms with E-state index in [2.05, 4.69) is 20.8 Å². The summed E-state index contributed by atoms with van der Waals surface area (Å²) in [7, 11) is 0. The van der Waals surface area contributed by atoms with Gasteiger partial charge >= 0.3 is 0 Å². The van der Waals surface area contributed by atoms with E-state index in [1.165, 1.54) is 5.56 Å². The van der Waals surface area contributed by atoms with Gasteiger partial charge in [-0.15, -0.1) is 10.2 Å². The summed E-state index contributed by atoms with van der Waals surface area (Å²) in [6.07, 6.45) is 0. The summed E-state index contributed by atoms with van der Waals surface area (Å²) in [5.41, 5.74) is 5.85. The third-order valence-electron chi connectivity index (χ3n) is 5.12. The maximum atomic E-state index is 12.5. The molecule has 0 spiro atoms. The molecule has 3 aromatic carbocycles. The average Bonchev–Trinajstić information content (AvgIpc) is 3.38. The van der Waals surface area contributed by atoms with Crippen LogP contribution in [0.5, 0.6) is 0 Å². The lowest BCUT2D eigenvalue weighted by Gasteiger charge is -2.10. The minimum absolute atomic E-state index is 0.170. The highest BCUT2D eigenvalue weighted by atomic mass is 32.1. The molecule has 2 N–H and O–H groups in total. The molecule has 0 aliphatic heterocycles. The van der Waals surface area contributed by atoms with E-state index in [-0.39, 0.29) is 10.9 Å². The van der Waals surface area contributed by atoms with Gasteiger partial charge in [0.15, 0.2) is 10.9 Å². The highest BCUT2D eigenvalue weighted by Crippen LogP contribution is 2.23. The Hall–Kier alpha value is -4.04. The molecule has 0 aliphatic carbocycles. The molecule has 0 bridgehead atoms. The monoisotopic (exact) mass is 441 g/mol. The van der Waals surface area contributed by atoms with Crippen LogP contribution in [-0.4, -0.2) is 26.0 Å². The second-order valence-corrected chi connectivity index (χ2v) is 7.95. The van der Waals surface area contributed by atoms with Crippen LogP contribution in [0.4, 0.5) is 5.69 Å². The van der Waals surface area contributed by atoms with E-state index in [1.807, 2.05) is 74.5 Å². The fraction of sp³-hybridized carbons (Fsp3) is 0.0833. The van der Waals surface area contributed by atoms with Crippen molar-refractivity contribution >= 4 is 50.9 Å². The predicted molar refractivity (Wildman–Crippen MR) is 128 cm³/mol. The first-order valence-corrected chi connectivity index (χ1v) is 10.4. The first kappa shape index (κ1) is 19.9. The minimum atomic E-state index is -0.414. The molecule has 0 radical (unpaired) electrons. The van der Waals surface area contributed by atoms with Gasteiger partial charge in [0.25, 0.3) is 5.91 Å². The second kappa shape index (κ2) is 7.90. The van der Waals surface area contributed by atoms with Crippen molar-refractivity contribution in [3.63, 3.8) is 0 Å². The molecule has 0 aliphatic rings. The lowest BCUT2D eigenvalue weighted by molar-refractivity contribution is 0.0953. The number of benzene rings is 3. The molecule has 5 aromatic rings. The van der Waals surface area contributed by atoms with Gasteiger partial charge in [-0.1, -0.05) is 35.9 Å². The minimum Gasteiger partial charge on any atom is -0.451 e. The van der Waals surface area contributed by atoms with Gasteiger partial charge in [0, 0.05) is 11.1 Å². The fourth-order valence-corrected chi connectivity index (χ4v) is 3.61. The number of amides is 1. The Bertz CT molecular complexity index is 1450. The SMILES string of the molecule is Cc1ccc(-n2nc3cc(C)c(NC(=S)NC(=O)c4cc5ccccc5o4)cc3n2)cc1. The summed E-state index contributed by atoms with van der Waals surface area (Å²) in [5.74, 6) is -0.216. The molecule has 0 atom stereocenters. The van der Waals surface area contributed by atoms with Crippen LogP contribution in [0.1, 0.15) is 21.7 Å². The Morgan fingerprint density at radius 3 is 2.44 bits per heavy atom. The highest BCUT2D eigenvalue weighted by Gasteiger charge is 2.15. The zero-order valence-electron chi connectivity index (χ0n) is 17.4. The summed E-state index contributed by atoms with van der Waals surface area (Å²) in [5, 5.41) is 15.9. The second-order valence-electron chi connectivity index (χ2n) is 7.54. The lowest BCUT2D eigenvalue weighted by Crippen LogP contribution is -2.34. The van der Waals surface area contributed by atoms with Crippen LogP contribution in [0, 0.1) is 13.8 Å². The molecule has 0 saturated carbocycles. The maximum Gasteiger partial charge on any atom is 0.293 e. The summed E-state index contributed by atoms with van der Waals surface area (Å²) in [6, 6.07) is 20.9. The Morgan fingerprint density at radius 1 is 0.969 bits per heavy atom. The molecule has 32 heavy (non-hydrogen) atoms. The molecule has 0 fully saturated rings. The number of aromatic nitrogens is 3. The number of aryl methyl sites for hydroxylation is 2. The topological polar surface area (TPSA) is 85.0 Å². The number of carbonyl (C=O) groups is 1. The van der Waals surface area contributed by atoms with Crippen molar-refractivity contribution in [2.45, 2.75) is 13.8 Å². The zero-order valence-corrected chi connectivity index (χ0v) is 18.2. The molecule has 2 heterocycles. The van der Waals surface area contributed by atoms with Crippen molar-refractivity contribution in [2.75, 3.05) is 5.32 Å². The number of thiocarbonyl (C=S) groups is 1. The smallest absolute Gasteiger partial charge is 0.293 e. The van der Waals surface area contributed by atoms with Gasteiger partial charge in [0.05, 0.1) is 5.69 Å². The summed E-state index contributed by atoms with van der Waals surface area (Å²) >= 11 is 5.34. The molecule has 0 saturated heterocycles. The van der Waals surface area contributed by atoms with Crippen LogP contribution >= 0.6 is 12.2 Å². The van der Waals surface area contributed by atoms with Gasteiger partial charge in [0.2, 0.25) is 0 Å². The molecular formula is C24H19N5O2S. The number of fused-ring (bicyclic) bond motifs is 2. The third-order valence-corrected chi connectivity index (χ3v) is 5.32. The zero-order chi connectivity index (χ0) is 22.2. The molecule has 1 amide bonds. The quantitative estimate of drug-likeness (QED) is 0.387. The van der Waals surface area contributed by atoms with Crippen LogP contribution in [0.2, 0.25) is 0 Å². The van der Waals surface area contributed by atoms with Crippen LogP contribution in [0.3, 0.4) is 0 Å². The number of hydrogen-bond donors (Lipinski definition) is 2. The number of nitrogens with one attached hydrogen (secondary N) is 2. The van der Waals surface area contributed by atoms with Gasteiger partial charge in [-0.05, 0) is 68.0 Å².